The van der Waals surface area contributed by atoms with Crippen LogP contribution in [0, 0.1) is 0 Å². The van der Waals surface area contributed by atoms with Crippen molar-refractivity contribution in [1.29, 1.82) is 0 Å². The molecule has 2 heterocycles. The molecule has 0 spiro atoms. The minimum Gasteiger partial charge on any atom is -0.383 e. The van der Waals surface area contributed by atoms with Gasteiger partial charge < -0.3 is 10.7 Å². The van der Waals surface area contributed by atoms with Gasteiger partial charge in [0, 0.05) is 0 Å². The summed E-state index contributed by atoms with van der Waals surface area (Å²) in [6.07, 6.45) is 1.61. The molecule has 0 saturated heterocycles. The lowest BCUT2D eigenvalue weighted by molar-refractivity contribution is 1.10. The van der Waals surface area contributed by atoms with Crippen molar-refractivity contribution >= 4 is 40.1 Å². The first kappa shape index (κ1) is 10.4. The number of imidazole rings is 1. The Hall–Kier alpha value is -1.72. The van der Waals surface area contributed by atoms with E-state index in [1.54, 1.807) is 18.3 Å². The topological polar surface area (TPSA) is 83.4 Å². The molecule has 0 unspecified atom stereocenters. The second kappa shape index (κ2) is 3.65. The third-order valence-electron chi connectivity index (χ3n) is 2.45. The quantitative estimate of drug-likeness (QED) is 0.634. The van der Waals surface area contributed by atoms with Gasteiger partial charge in [-0.2, -0.15) is 5.10 Å². The van der Waals surface area contributed by atoms with E-state index < -0.39 is 0 Å². The van der Waals surface area contributed by atoms with Crippen molar-refractivity contribution in [3.63, 3.8) is 0 Å². The van der Waals surface area contributed by atoms with Gasteiger partial charge in [0.25, 0.3) is 0 Å². The van der Waals surface area contributed by atoms with E-state index in [0.717, 1.165) is 11.0 Å². The molecule has 3 aromatic rings. The first-order chi connectivity index (χ1) is 8.15. The number of H-pyrrole nitrogens is 2. The van der Waals surface area contributed by atoms with Gasteiger partial charge >= 0.3 is 0 Å². The molecule has 0 bridgehead atoms. The molecule has 0 aliphatic heterocycles. The van der Waals surface area contributed by atoms with E-state index >= 15 is 0 Å². The summed E-state index contributed by atoms with van der Waals surface area (Å²) >= 11 is 11.9. The number of fused-ring (bicyclic) bond motifs is 1. The molecular weight excluding hydrogens is 261 g/mol. The van der Waals surface area contributed by atoms with Gasteiger partial charge in [-0.25, -0.2) is 4.98 Å². The summed E-state index contributed by atoms with van der Waals surface area (Å²) in [4.78, 5) is 7.49. The van der Waals surface area contributed by atoms with Gasteiger partial charge in [0.2, 0.25) is 0 Å². The predicted molar refractivity (Wildman–Crippen MR) is 68.1 cm³/mol. The molecule has 0 aliphatic carbocycles. The summed E-state index contributed by atoms with van der Waals surface area (Å²) in [5.41, 5.74) is 7.97. The van der Waals surface area contributed by atoms with Crippen molar-refractivity contribution in [3.05, 3.63) is 28.4 Å². The largest absolute Gasteiger partial charge is 0.383 e. The summed E-state index contributed by atoms with van der Waals surface area (Å²) in [6, 6.07) is 3.43. The summed E-state index contributed by atoms with van der Waals surface area (Å²) in [5.74, 6) is 1.09. The fourth-order valence-corrected chi connectivity index (χ4v) is 1.94. The Kier molecular flexibility index (Phi) is 2.24. The number of aromatic nitrogens is 4. The fraction of sp³-hybridized carbons (Fsp3) is 0. The van der Waals surface area contributed by atoms with Crippen molar-refractivity contribution in [3.8, 4) is 11.4 Å². The van der Waals surface area contributed by atoms with Gasteiger partial charge in [-0.3, -0.25) is 5.10 Å². The van der Waals surface area contributed by atoms with Gasteiger partial charge in [-0.1, -0.05) is 23.2 Å². The molecule has 0 fully saturated rings. The molecule has 4 N–H and O–H groups in total. The number of nitrogen functional groups attached to an aromatic ring is 1. The average molecular weight is 268 g/mol. The molecule has 86 valence electrons. The van der Waals surface area contributed by atoms with E-state index in [2.05, 4.69) is 20.2 Å². The van der Waals surface area contributed by atoms with Crippen molar-refractivity contribution in [1.82, 2.24) is 20.2 Å². The Morgan fingerprint density at radius 3 is 2.65 bits per heavy atom. The van der Waals surface area contributed by atoms with Crippen molar-refractivity contribution < 1.29 is 0 Å². The van der Waals surface area contributed by atoms with Crippen molar-refractivity contribution in [2.75, 3.05) is 5.73 Å². The smallest absolute Gasteiger partial charge is 0.143 e. The minimum atomic E-state index is 0.459. The number of anilines is 1. The lowest BCUT2D eigenvalue weighted by Crippen LogP contribution is -1.88. The number of hydrogen-bond acceptors (Lipinski definition) is 3. The third kappa shape index (κ3) is 1.64. The van der Waals surface area contributed by atoms with E-state index in [0.29, 0.717) is 27.3 Å². The minimum absolute atomic E-state index is 0.459. The van der Waals surface area contributed by atoms with Crippen LogP contribution in [0.3, 0.4) is 0 Å². The van der Waals surface area contributed by atoms with Gasteiger partial charge in [-0.15, -0.1) is 0 Å². The second-order valence-electron chi connectivity index (χ2n) is 3.57. The second-order valence-corrected chi connectivity index (χ2v) is 4.38. The summed E-state index contributed by atoms with van der Waals surface area (Å²) < 4.78 is 0. The number of rotatable bonds is 1. The van der Waals surface area contributed by atoms with E-state index in [-0.39, 0.29) is 0 Å². The maximum Gasteiger partial charge on any atom is 0.143 e. The van der Waals surface area contributed by atoms with E-state index in [9.17, 15) is 0 Å². The monoisotopic (exact) mass is 267 g/mol. The van der Waals surface area contributed by atoms with Gasteiger partial charge in [0.15, 0.2) is 0 Å². The maximum atomic E-state index is 5.93. The van der Waals surface area contributed by atoms with Gasteiger partial charge in [-0.05, 0) is 12.1 Å². The lowest BCUT2D eigenvalue weighted by Gasteiger charge is -1.93. The molecule has 2 aromatic heterocycles. The molecule has 0 radical (unpaired) electrons. The number of halogens is 2. The highest BCUT2D eigenvalue weighted by Gasteiger charge is 2.11. The van der Waals surface area contributed by atoms with Crippen LogP contribution in [0.2, 0.25) is 10.0 Å². The normalized spacial score (nSPS) is 11.2. The first-order valence-corrected chi connectivity index (χ1v) is 5.54. The zero-order chi connectivity index (χ0) is 12.0. The maximum absolute atomic E-state index is 5.93. The number of nitrogens with two attached hydrogens (primary N) is 1. The number of hydrogen-bond donors (Lipinski definition) is 3. The first-order valence-electron chi connectivity index (χ1n) is 4.79. The number of nitrogens with zero attached hydrogens (tertiary/aromatic N) is 2. The number of benzene rings is 1. The lowest BCUT2D eigenvalue weighted by atomic mass is 10.3. The standard InChI is InChI=1S/C10H7Cl2N5/c11-5-1-7-8(2-6(5)12)16-10(15-7)4-3-14-17-9(4)13/h1-3H,(H,15,16)(H3,13,14,17). The SMILES string of the molecule is Nc1[nH]ncc1-c1nc2cc(Cl)c(Cl)cc2[nH]1. The van der Waals surface area contributed by atoms with Crippen LogP contribution in [0.15, 0.2) is 18.3 Å². The van der Waals surface area contributed by atoms with Crippen LogP contribution >= 0.6 is 23.2 Å². The van der Waals surface area contributed by atoms with Crippen LogP contribution in [0.5, 0.6) is 0 Å². The van der Waals surface area contributed by atoms with Crippen LogP contribution < -0.4 is 5.73 Å². The molecule has 0 aliphatic rings. The summed E-state index contributed by atoms with van der Waals surface area (Å²) in [5, 5.41) is 7.44. The molecule has 0 atom stereocenters. The van der Waals surface area contributed by atoms with E-state index in [1.165, 1.54) is 0 Å². The zero-order valence-electron chi connectivity index (χ0n) is 8.46. The Labute approximate surface area is 106 Å². The van der Waals surface area contributed by atoms with E-state index in [1.807, 2.05) is 0 Å². The highest BCUT2D eigenvalue weighted by atomic mass is 35.5. The van der Waals surface area contributed by atoms with Gasteiger partial charge in [0.1, 0.15) is 11.6 Å². The van der Waals surface area contributed by atoms with Crippen LogP contribution in [0.1, 0.15) is 0 Å². The predicted octanol–water partition coefficient (Wildman–Crippen LogP) is 2.84. The molecule has 17 heavy (non-hydrogen) atoms. The van der Waals surface area contributed by atoms with Crippen molar-refractivity contribution in [2.24, 2.45) is 0 Å². The third-order valence-corrected chi connectivity index (χ3v) is 3.17. The zero-order valence-corrected chi connectivity index (χ0v) is 9.97. The molecule has 3 rings (SSSR count). The molecule has 0 amide bonds. The van der Waals surface area contributed by atoms with Crippen molar-refractivity contribution in [2.45, 2.75) is 0 Å². The molecule has 5 nitrogen and oxygen atoms in total. The number of nitrogens with one attached hydrogen (secondary N) is 2. The Morgan fingerprint density at radius 1 is 1.18 bits per heavy atom. The summed E-state index contributed by atoms with van der Waals surface area (Å²) in [7, 11) is 0. The Balaban J connectivity index is 2.24. The number of aromatic amines is 2. The highest BCUT2D eigenvalue weighted by Crippen LogP contribution is 2.29. The van der Waals surface area contributed by atoms with Crippen LogP contribution in [0.4, 0.5) is 5.82 Å². The Morgan fingerprint density at radius 2 is 1.94 bits per heavy atom. The van der Waals surface area contributed by atoms with Crippen LogP contribution in [0.25, 0.3) is 22.4 Å². The Bertz CT molecular complexity index is 661. The van der Waals surface area contributed by atoms with Gasteiger partial charge in [0.05, 0.1) is 32.8 Å². The average Bonchev–Trinajstić information content (AvgIpc) is 2.85. The molecular formula is C10H7Cl2N5. The van der Waals surface area contributed by atoms with Crippen LogP contribution in [-0.2, 0) is 0 Å². The molecule has 1 aromatic carbocycles. The summed E-state index contributed by atoms with van der Waals surface area (Å²) in [6.45, 7) is 0. The van der Waals surface area contributed by atoms with E-state index in [4.69, 9.17) is 28.9 Å². The molecule has 0 saturated carbocycles. The van der Waals surface area contributed by atoms with Crippen LogP contribution in [-0.4, -0.2) is 20.2 Å². The molecule has 7 heteroatoms. The highest BCUT2D eigenvalue weighted by molar-refractivity contribution is 6.42. The fourth-order valence-electron chi connectivity index (χ4n) is 1.62.